The second-order valence-electron chi connectivity index (χ2n) is 6.92. The Morgan fingerprint density at radius 2 is 1.79 bits per heavy atom. The van der Waals surface area contributed by atoms with Crippen LogP contribution in [0.25, 0.3) is 0 Å². The summed E-state index contributed by atoms with van der Waals surface area (Å²) in [6.07, 6.45) is 3.46. The van der Waals surface area contributed by atoms with Gasteiger partial charge in [-0.25, -0.2) is 9.97 Å². The maximum absolute atomic E-state index is 13.1. The summed E-state index contributed by atoms with van der Waals surface area (Å²) in [4.78, 5) is 25.6. The largest absolute Gasteiger partial charge is 0.488 e. The number of nitrogens with zero attached hydrogens (tertiary/aromatic N) is 5. The lowest BCUT2D eigenvalue weighted by Crippen LogP contribution is -2.49. The number of hydrogen-bond donors (Lipinski definition) is 0. The number of ether oxygens (including phenoxy) is 1. The maximum atomic E-state index is 13.1. The highest BCUT2D eigenvalue weighted by molar-refractivity contribution is 5.97. The first-order valence-electron chi connectivity index (χ1n) is 9.58. The Labute approximate surface area is 169 Å². The van der Waals surface area contributed by atoms with Crippen LogP contribution in [0, 0.1) is 13.8 Å². The summed E-state index contributed by atoms with van der Waals surface area (Å²) < 4.78 is 11.2. The van der Waals surface area contributed by atoms with Gasteiger partial charge in [-0.05, 0) is 32.0 Å². The van der Waals surface area contributed by atoms with E-state index in [9.17, 15) is 4.79 Å². The predicted octanol–water partition coefficient (Wildman–Crippen LogP) is 2.62. The number of aryl methyl sites for hydroxylation is 2. The van der Waals surface area contributed by atoms with Gasteiger partial charge in [-0.2, -0.15) is 0 Å². The highest BCUT2D eigenvalue weighted by Gasteiger charge is 2.25. The molecule has 1 amide bonds. The van der Waals surface area contributed by atoms with Crippen molar-refractivity contribution in [3.05, 3.63) is 65.3 Å². The lowest BCUT2D eigenvalue weighted by molar-refractivity contribution is 0.0741. The van der Waals surface area contributed by atoms with Crippen LogP contribution >= 0.6 is 0 Å². The van der Waals surface area contributed by atoms with Gasteiger partial charge in [0.05, 0.1) is 16.8 Å². The lowest BCUT2D eigenvalue weighted by atomic mass is 10.1. The van der Waals surface area contributed by atoms with Gasteiger partial charge in [-0.3, -0.25) is 4.79 Å². The minimum Gasteiger partial charge on any atom is -0.488 e. The Balaban J connectivity index is 1.43. The summed E-state index contributed by atoms with van der Waals surface area (Å²) in [5, 5.41) is 3.95. The molecule has 0 N–H and O–H groups in total. The zero-order valence-electron chi connectivity index (χ0n) is 16.5. The van der Waals surface area contributed by atoms with Gasteiger partial charge in [-0.15, -0.1) is 0 Å². The third kappa shape index (κ3) is 4.06. The van der Waals surface area contributed by atoms with Crippen molar-refractivity contribution < 1.29 is 14.1 Å². The van der Waals surface area contributed by atoms with E-state index in [-0.39, 0.29) is 5.91 Å². The summed E-state index contributed by atoms with van der Waals surface area (Å²) in [7, 11) is 0. The normalized spacial score (nSPS) is 14.1. The second-order valence-corrected chi connectivity index (χ2v) is 6.92. The summed E-state index contributed by atoms with van der Waals surface area (Å²) in [5.74, 6) is 1.95. The molecule has 29 heavy (non-hydrogen) atoms. The highest BCUT2D eigenvalue weighted by atomic mass is 16.5. The van der Waals surface area contributed by atoms with E-state index in [1.54, 1.807) is 24.5 Å². The summed E-state index contributed by atoms with van der Waals surface area (Å²) >= 11 is 0. The van der Waals surface area contributed by atoms with Crippen molar-refractivity contribution in [2.75, 3.05) is 31.1 Å². The summed E-state index contributed by atoms with van der Waals surface area (Å²) in [5.41, 5.74) is 2.26. The van der Waals surface area contributed by atoms with E-state index in [4.69, 9.17) is 9.26 Å². The minimum absolute atomic E-state index is 0.0343. The molecule has 8 heteroatoms. The molecule has 0 bridgehead atoms. The van der Waals surface area contributed by atoms with Crippen molar-refractivity contribution in [2.45, 2.75) is 20.5 Å². The van der Waals surface area contributed by atoms with E-state index < -0.39 is 0 Å². The van der Waals surface area contributed by atoms with Crippen molar-refractivity contribution in [3.63, 3.8) is 0 Å². The molecule has 1 aliphatic rings. The monoisotopic (exact) mass is 393 g/mol. The van der Waals surface area contributed by atoms with E-state index in [1.807, 2.05) is 36.9 Å². The van der Waals surface area contributed by atoms with Crippen LogP contribution in [0.5, 0.6) is 5.75 Å². The molecule has 0 saturated carbocycles. The summed E-state index contributed by atoms with van der Waals surface area (Å²) in [6, 6.07) is 9.13. The van der Waals surface area contributed by atoms with Gasteiger partial charge in [0.1, 0.15) is 18.1 Å². The van der Waals surface area contributed by atoms with Gasteiger partial charge >= 0.3 is 0 Å². The lowest BCUT2D eigenvalue weighted by Gasteiger charge is -2.34. The standard InChI is InChI=1S/C21H23N5O3/c1-15-18(16(2)29-24-15)14-28-19-7-4-3-6-17(19)20(27)25-10-12-26(13-11-25)21-22-8-5-9-23-21/h3-9H,10-14H2,1-2H3. The number of hydrogen-bond acceptors (Lipinski definition) is 7. The molecule has 0 unspecified atom stereocenters. The van der Waals surface area contributed by atoms with Gasteiger partial charge in [-0.1, -0.05) is 17.3 Å². The van der Waals surface area contributed by atoms with Crippen molar-refractivity contribution >= 4 is 11.9 Å². The first kappa shape index (κ1) is 18.9. The maximum Gasteiger partial charge on any atom is 0.257 e. The SMILES string of the molecule is Cc1noc(C)c1COc1ccccc1C(=O)N1CCN(c2ncccn2)CC1. The Kier molecular flexibility index (Phi) is 5.41. The number of aromatic nitrogens is 3. The molecule has 1 saturated heterocycles. The van der Waals surface area contributed by atoms with E-state index in [0.717, 1.165) is 17.0 Å². The first-order valence-corrected chi connectivity index (χ1v) is 9.58. The fourth-order valence-electron chi connectivity index (χ4n) is 3.36. The van der Waals surface area contributed by atoms with Crippen LogP contribution in [-0.4, -0.2) is 52.1 Å². The van der Waals surface area contributed by atoms with Crippen LogP contribution in [0.2, 0.25) is 0 Å². The number of para-hydroxylation sites is 1. The molecule has 0 radical (unpaired) electrons. The van der Waals surface area contributed by atoms with E-state index in [0.29, 0.717) is 50.0 Å². The molecule has 3 heterocycles. The van der Waals surface area contributed by atoms with Crippen LogP contribution in [-0.2, 0) is 6.61 Å². The van der Waals surface area contributed by atoms with Crippen molar-refractivity contribution in [1.29, 1.82) is 0 Å². The van der Waals surface area contributed by atoms with Crippen LogP contribution in [0.1, 0.15) is 27.4 Å². The van der Waals surface area contributed by atoms with E-state index >= 15 is 0 Å². The van der Waals surface area contributed by atoms with Crippen molar-refractivity contribution in [2.24, 2.45) is 0 Å². The average Bonchev–Trinajstić information content (AvgIpc) is 3.10. The number of amides is 1. The minimum atomic E-state index is -0.0343. The average molecular weight is 393 g/mol. The van der Waals surface area contributed by atoms with Crippen LogP contribution in [0.4, 0.5) is 5.95 Å². The van der Waals surface area contributed by atoms with Gasteiger partial charge in [0.2, 0.25) is 5.95 Å². The van der Waals surface area contributed by atoms with Crippen LogP contribution in [0.15, 0.2) is 47.2 Å². The molecule has 1 fully saturated rings. The zero-order chi connectivity index (χ0) is 20.2. The van der Waals surface area contributed by atoms with E-state index in [1.165, 1.54) is 0 Å². The first-order chi connectivity index (χ1) is 14.1. The van der Waals surface area contributed by atoms with Gasteiger partial charge in [0.25, 0.3) is 5.91 Å². The van der Waals surface area contributed by atoms with Crippen LogP contribution < -0.4 is 9.64 Å². The number of carbonyl (C=O) groups is 1. The molecular formula is C21H23N5O3. The molecule has 8 nitrogen and oxygen atoms in total. The smallest absolute Gasteiger partial charge is 0.257 e. The quantitative estimate of drug-likeness (QED) is 0.659. The van der Waals surface area contributed by atoms with Crippen LogP contribution in [0.3, 0.4) is 0 Å². The molecule has 1 aliphatic heterocycles. The molecule has 0 atom stereocenters. The summed E-state index contributed by atoms with van der Waals surface area (Å²) in [6.45, 7) is 6.64. The van der Waals surface area contributed by atoms with Gasteiger partial charge < -0.3 is 19.1 Å². The topological polar surface area (TPSA) is 84.6 Å². The third-order valence-electron chi connectivity index (χ3n) is 5.07. The fraction of sp³-hybridized carbons (Fsp3) is 0.333. The molecule has 1 aromatic carbocycles. The van der Waals surface area contributed by atoms with Gasteiger partial charge in [0, 0.05) is 38.6 Å². The number of anilines is 1. The highest BCUT2D eigenvalue weighted by Crippen LogP contribution is 2.23. The molecule has 0 aliphatic carbocycles. The zero-order valence-corrected chi connectivity index (χ0v) is 16.5. The Hall–Kier alpha value is -3.42. The number of benzene rings is 1. The molecule has 2 aromatic heterocycles. The Morgan fingerprint density at radius 3 is 2.48 bits per heavy atom. The van der Waals surface area contributed by atoms with Gasteiger partial charge in [0.15, 0.2) is 0 Å². The van der Waals surface area contributed by atoms with Crippen molar-refractivity contribution in [1.82, 2.24) is 20.0 Å². The predicted molar refractivity (Wildman–Crippen MR) is 107 cm³/mol. The number of carbonyl (C=O) groups excluding carboxylic acids is 1. The molecule has 150 valence electrons. The molecule has 3 aromatic rings. The number of piperazine rings is 1. The fourth-order valence-corrected chi connectivity index (χ4v) is 3.36. The molecule has 0 spiro atoms. The number of rotatable bonds is 5. The molecular weight excluding hydrogens is 370 g/mol. The van der Waals surface area contributed by atoms with Crippen molar-refractivity contribution in [3.8, 4) is 5.75 Å². The van der Waals surface area contributed by atoms with E-state index in [2.05, 4.69) is 20.0 Å². The Bertz CT molecular complexity index is 961. The molecule has 4 rings (SSSR count). The third-order valence-corrected chi connectivity index (χ3v) is 5.07. The second kappa shape index (κ2) is 8.30. The Morgan fingerprint density at radius 1 is 1.07 bits per heavy atom.